The Kier molecular flexibility index (Phi) is 4.72. The van der Waals surface area contributed by atoms with Crippen LogP contribution in [-0.4, -0.2) is 25.7 Å². The van der Waals surface area contributed by atoms with E-state index < -0.39 is 0 Å². The molecule has 3 nitrogen and oxygen atoms in total. The Morgan fingerprint density at radius 2 is 2.39 bits per heavy atom. The van der Waals surface area contributed by atoms with Crippen LogP contribution >= 0.6 is 11.6 Å². The Morgan fingerprint density at radius 3 is 3.06 bits per heavy atom. The van der Waals surface area contributed by atoms with Crippen LogP contribution in [0.4, 0.5) is 5.69 Å². The van der Waals surface area contributed by atoms with Crippen molar-refractivity contribution in [2.75, 3.05) is 19.0 Å². The number of rotatable bonds is 5. The Balaban J connectivity index is 1.96. The Labute approximate surface area is 114 Å². The summed E-state index contributed by atoms with van der Waals surface area (Å²) in [5.41, 5.74) is 0.968. The van der Waals surface area contributed by atoms with Gasteiger partial charge in [-0.3, -0.25) is 0 Å². The molecule has 2 unspecified atom stereocenters. The van der Waals surface area contributed by atoms with Gasteiger partial charge in [-0.05, 0) is 50.9 Å². The summed E-state index contributed by atoms with van der Waals surface area (Å²) in [7, 11) is 1.68. The van der Waals surface area contributed by atoms with Gasteiger partial charge in [0.05, 0.1) is 12.8 Å². The van der Waals surface area contributed by atoms with Crippen LogP contribution in [0, 0.1) is 0 Å². The molecule has 2 N–H and O–H groups in total. The van der Waals surface area contributed by atoms with E-state index in [-0.39, 0.29) is 0 Å². The van der Waals surface area contributed by atoms with E-state index in [0.717, 1.165) is 29.4 Å². The maximum atomic E-state index is 6.02. The third-order valence-corrected chi connectivity index (χ3v) is 3.60. The van der Waals surface area contributed by atoms with E-state index >= 15 is 0 Å². The number of ether oxygens (including phenoxy) is 1. The van der Waals surface area contributed by atoms with Crippen LogP contribution < -0.4 is 15.4 Å². The van der Waals surface area contributed by atoms with Crippen LogP contribution in [0.2, 0.25) is 5.02 Å². The molecule has 0 radical (unpaired) electrons. The molecule has 2 rings (SSSR count). The highest BCUT2D eigenvalue weighted by atomic mass is 35.5. The number of nitrogens with one attached hydrogen (secondary N) is 2. The number of anilines is 1. The van der Waals surface area contributed by atoms with Crippen LogP contribution in [0.25, 0.3) is 0 Å². The Bertz CT molecular complexity index is 391. The van der Waals surface area contributed by atoms with Crippen molar-refractivity contribution in [3.63, 3.8) is 0 Å². The van der Waals surface area contributed by atoms with Crippen LogP contribution in [-0.2, 0) is 0 Å². The van der Waals surface area contributed by atoms with Crippen molar-refractivity contribution in [1.29, 1.82) is 0 Å². The van der Waals surface area contributed by atoms with Gasteiger partial charge in [0.25, 0.3) is 0 Å². The average molecular weight is 269 g/mol. The molecule has 100 valence electrons. The molecule has 0 aromatic heterocycles. The van der Waals surface area contributed by atoms with E-state index in [0.29, 0.717) is 12.1 Å². The highest BCUT2D eigenvalue weighted by Gasteiger charge is 2.17. The molecule has 1 heterocycles. The number of hydrogen-bond donors (Lipinski definition) is 2. The van der Waals surface area contributed by atoms with E-state index in [9.17, 15) is 0 Å². The van der Waals surface area contributed by atoms with Crippen LogP contribution in [0.3, 0.4) is 0 Å². The van der Waals surface area contributed by atoms with Crippen LogP contribution in [0.5, 0.6) is 5.75 Å². The summed E-state index contributed by atoms with van der Waals surface area (Å²) in [6.45, 7) is 3.35. The normalized spacial score (nSPS) is 20.7. The smallest absolute Gasteiger partial charge is 0.142 e. The molecular weight excluding hydrogens is 248 g/mol. The third kappa shape index (κ3) is 3.53. The minimum atomic E-state index is 0.396. The molecule has 0 saturated carbocycles. The van der Waals surface area contributed by atoms with Gasteiger partial charge in [0.1, 0.15) is 5.75 Å². The number of halogens is 1. The largest absolute Gasteiger partial charge is 0.495 e. The molecule has 18 heavy (non-hydrogen) atoms. The monoisotopic (exact) mass is 268 g/mol. The molecular formula is C14H21ClN2O. The van der Waals surface area contributed by atoms with Gasteiger partial charge < -0.3 is 15.4 Å². The lowest BCUT2D eigenvalue weighted by Crippen LogP contribution is -2.29. The first-order chi connectivity index (χ1) is 8.69. The summed E-state index contributed by atoms with van der Waals surface area (Å²) in [5, 5.41) is 7.72. The molecule has 0 amide bonds. The summed E-state index contributed by atoms with van der Waals surface area (Å²) < 4.78 is 5.33. The predicted molar refractivity (Wildman–Crippen MR) is 76.7 cm³/mol. The maximum absolute atomic E-state index is 6.02. The molecule has 1 aromatic rings. The second kappa shape index (κ2) is 6.30. The first-order valence-electron chi connectivity index (χ1n) is 6.52. The van der Waals surface area contributed by atoms with Crippen molar-refractivity contribution in [2.45, 2.75) is 38.3 Å². The second-order valence-corrected chi connectivity index (χ2v) is 5.36. The zero-order valence-electron chi connectivity index (χ0n) is 11.0. The number of benzene rings is 1. The van der Waals surface area contributed by atoms with Crippen molar-refractivity contribution in [2.24, 2.45) is 0 Å². The van der Waals surface area contributed by atoms with E-state index in [1.54, 1.807) is 7.11 Å². The van der Waals surface area contributed by atoms with Gasteiger partial charge in [0.2, 0.25) is 0 Å². The minimum Gasteiger partial charge on any atom is -0.495 e. The quantitative estimate of drug-likeness (QED) is 0.860. The molecule has 4 heteroatoms. The molecule has 0 bridgehead atoms. The molecule has 2 atom stereocenters. The molecule has 1 aliphatic heterocycles. The molecule has 1 fully saturated rings. The SMILES string of the molecule is COc1ccc(Cl)cc1NC(C)CC1CCCN1. The van der Waals surface area contributed by atoms with Gasteiger partial charge in [-0.25, -0.2) is 0 Å². The van der Waals surface area contributed by atoms with Crippen LogP contribution in [0.15, 0.2) is 18.2 Å². The van der Waals surface area contributed by atoms with Gasteiger partial charge in [-0.1, -0.05) is 11.6 Å². The number of methoxy groups -OCH3 is 1. The summed E-state index contributed by atoms with van der Waals surface area (Å²) >= 11 is 6.02. The van der Waals surface area contributed by atoms with Gasteiger partial charge in [-0.15, -0.1) is 0 Å². The van der Waals surface area contributed by atoms with Crippen molar-refractivity contribution in [3.8, 4) is 5.75 Å². The fourth-order valence-electron chi connectivity index (χ4n) is 2.50. The van der Waals surface area contributed by atoms with Gasteiger partial charge in [0, 0.05) is 17.1 Å². The summed E-state index contributed by atoms with van der Waals surface area (Å²) in [4.78, 5) is 0. The average Bonchev–Trinajstić information content (AvgIpc) is 2.82. The first-order valence-corrected chi connectivity index (χ1v) is 6.90. The van der Waals surface area contributed by atoms with E-state index in [1.165, 1.54) is 12.8 Å². The minimum absolute atomic E-state index is 0.396. The Hall–Kier alpha value is -0.930. The van der Waals surface area contributed by atoms with E-state index in [4.69, 9.17) is 16.3 Å². The lowest BCUT2D eigenvalue weighted by Gasteiger charge is -2.20. The molecule has 1 saturated heterocycles. The van der Waals surface area contributed by atoms with Crippen molar-refractivity contribution in [1.82, 2.24) is 5.32 Å². The fraction of sp³-hybridized carbons (Fsp3) is 0.571. The van der Waals surface area contributed by atoms with Gasteiger partial charge in [-0.2, -0.15) is 0 Å². The maximum Gasteiger partial charge on any atom is 0.142 e. The summed E-state index contributed by atoms with van der Waals surface area (Å²) in [5.74, 6) is 0.839. The zero-order valence-corrected chi connectivity index (χ0v) is 11.8. The fourth-order valence-corrected chi connectivity index (χ4v) is 2.67. The third-order valence-electron chi connectivity index (χ3n) is 3.36. The van der Waals surface area contributed by atoms with Crippen molar-refractivity contribution in [3.05, 3.63) is 23.2 Å². The second-order valence-electron chi connectivity index (χ2n) is 4.92. The number of hydrogen-bond acceptors (Lipinski definition) is 3. The first kappa shape index (κ1) is 13.5. The van der Waals surface area contributed by atoms with Crippen molar-refractivity contribution < 1.29 is 4.74 Å². The van der Waals surface area contributed by atoms with Gasteiger partial charge in [0.15, 0.2) is 0 Å². The molecule has 0 aliphatic carbocycles. The standard InChI is InChI=1S/C14H21ClN2O/c1-10(8-12-4-3-7-16-12)17-13-9-11(15)5-6-14(13)18-2/h5-6,9-10,12,16-17H,3-4,7-8H2,1-2H3. The lowest BCUT2D eigenvalue weighted by atomic mass is 10.1. The summed E-state index contributed by atoms with van der Waals surface area (Å²) in [6.07, 6.45) is 3.69. The highest BCUT2D eigenvalue weighted by Crippen LogP contribution is 2.28. The molecule has 1 aliphatic rings. The van der Waals surface area contributed by atoms with Crippen LogP contribution in [0.1, 0.15) is 26.2 Å². The zero-order chi connectivity index (χ0) is 13.0. The highest BCUT2D eigenvalue weighted by molar-refractivity contribution is 6.30. The van der Waals surface area contributed by atoms with E-state index in [1.807, 2.05) is 18.2 Å². The predicted octanol–water partition coefficient (Wildman–Crippen LogP) is 3.29. The molecule has 0 spiro atoms. The van der Waals surface area contributed by atoms with Crippen molar-refractivity contribution >= 4 is 17.3 Å². The Morgan fingerprint density at radius 1 is 1.56 bits per heavy atom. The van der Waals surface area contributed by atoms with E-state index in [2.05, 4.69) is 17.6 Å². The lowest BCUT2D eigenvalue weighted by molar-refractivity contribution is 0.415. The summed E-state index contributed by atoms with van der Waals surface area (Å²) in [6, 6.07) is 6.68. The molecule has 1 aromatic carbocycles. The van der Waals surface area contributed by atoms with Gasteiger partial charge >= 0.3 is 0 Å². The topological polar surface area (TPSA) is 33.3 Å².